The minimum absolute atomic E-state index is 0.0786. The van der Waals surface area contributed by atoms with E-state index in [-0.39, 0.29) is 27.9 Å². The first-order valence-corrected chi connectivity index (χ1v) is 10.8. The van der Waals surface area contributed by atoms with Crippen LogP contribution in [0.25, 0.3) is 0 Å². The van der Waals surface area contributed by atoms with Gasteiger partial charge in [0.25, 0.3) is 0 Å². The van der Waals surface area contributed by atoms with Crippen LogP contribution in [0.4, 0.5) is 0 Å². The zero-order valence-electron chi connectivity index (χ0n) is 17.3. The minimum Gasteiger partial charge on any atom is -0.393 e. The van der Waals surface area contributed by atoms with Gasteiger partial charge >= 0.3 is 0 Å². The number of fused-ring (bicyclic) bond motifs is 5. The Labute approximate surface area is 163 Å². The lowest BCUT2D eigenvalue weighted by molar-refractivity contribution is -0.184. The van der Waals surface area contributed by atoms with Gasteiger partial charge in [0.05, 0.1) is 6.10 Å². The molecule has 3 nitrogen and oxygen atoms in total. The topological polar surface area (TPSA) is 54.4 Å². The van der Waals surface area contributed by atoms with E-state index in [1.54, 1.807) is 6.08 Å². The van der Waals surface area contributed by atoms with E-state index in [9.17, 15) is 14.7 Å². The molecule has 0 bridgehead atoms. The van der Waals surface area contributed by atoms with E-state index in [0.29, 0.717) is 30.5 Å². The van der Waals surface area contributed by atoms with Gasteiger partial charge < -0.3 is 5.11 Å². The highest BCUT2D eigenvalue weighted by Crippen LogP contribution is 2.67. The molecule has 3 saturated carbocycles. The van der Waals surface area contributed by atoms with Crippen LogP contribution in [0.2, 0.25) is 0 Å². The highest BCUT2D eigenvalue weighted by atomic mass is 16.3. The normalized spacial score (nSPS) is 48.9. The summed E-state index contributed by atoms with van der Waals surface area (Å²) in [5.41, 5.74) is 0.513. The van der Waals surface area contributed by atoms with Gasteiger partial charge in [-0.25, -0.2) is 0 Å². The lowest BCUT2D eigenvalue weighted by Crippen LogP contribution is -2.62. The van der Waals surface area contributed by atoms with E-state index in [2.05, 4.69) is 26.8 Å². The molecule has 3 fully saturated rings. The zero-order chi connectivity index (χ0) is 19.6. The maximum absolute atomic E-state index is 13.0. The Morgan fingerprint density at radius 2 is 2.00 bits per heavy atom. The average Bonchev–Trinajstić information content (AvgIpc) is 2.62. The monoisotopic (exact) mass is 370 g/mol. The fourth-order valence-electron chi connectivity index (χ4n) is 7.65. The number of hydrogen-bond donors (Lipinski definition) is 1. The maximum atomic E-state index is 13.0. The first-order chi connectivity index (χ1) is 12.7. The molecule has 27 heavy (non-hydrogen) atoms. The number of hydrogen-bond acceptors (Lipinski definition) is 3. The number of aliphatic hydroxyl groups is 1. The minimum atomic E-state index is -0.426. The molecule has 3 unspecified atom stereocenters. The van der Waals surface area contributed by atoms with Crippen LogP contribution >= 0.6 is 0 Å². The Morgan fingerprint density at radius 3 is 2.70 bits per heavy atom. The summed E-state index contributed by atoms with van der Waals surface area (Å²) in [6.07, 6.45) is 11.6. The van der Waals surface area contributed by atoms with Crippen LogP contribution in [0.3, 0.4) is 0 Å². The SMILES string of the molecule is CCC(=O)[C@@]1(C)CCCC2[C@@H]3CCC4=CC(=O)C=C[C@]4(C)C3C(O)C[C@@]21C. The van der Waals surface area contributed by atoms with Gasteiger partial charge in [-0.05, 0) is 61.5 Å². The van der Waals surface area contributed by atoms with E-state index < -0.39 is 6.10 Å². The molecular formula is C24H34O3. The molecule has 3 heteroatoms. The Balaban J connectivity index is 1.76. The maximum Gasteiger partial charge on any atom is 0.178 e. The number of ketones is 2. The predicted molar refractivity (Wildman–Crippen MR) is 106 cm³/mol. The van der Waals surface area contributed by atoms with Crippen molar-refractivity contribution in [2.75, 3.05) is 0 Å². The first-order valence-electron chi connectivity index (χ1n) is 10.8. The lowest BCUT2D eigenvalue weighted by Gasteiger charge is -2.65. The molecule has 0 spiro atoms. The van der Waals surface area contributed by atoms with Crippen molar-refractivity contribution >= 4 is 11.6 Å². The molecule has 4 aliphatic carbocycles. The second-order valence-corrected chi connectivity index (χ2v) is 10.2. The van der Waals surface area contributed by atoms with Crippen molar-refractivity contribution in [3.63, 3.8) is 0 Å². The summed E-state index contributed by atoms with van der Waals surface area (Å²) in [5, 5.41) is 11.4. The third-order valence-corrected chi connectivity index (χ3v) is 9.27. The van der Waals surface area contributed by atoms with E-state index in [0.717, 1.165) is 32.1 Å². The number of carbonyl (C=O) groups excluding carboxylic acids is 2. The zero-order valence-corrected chi connectivity index (χ0v) is 17.3. The van der Waals surface area contributed by atoms with Gasteiger partial charge in [0.15, 0.2) is 5.78 Å². The van der Waals surface area contributed by atoms with Crippen molar-refractivity contribution in [1.29, 1.82) is 0 Å². The molecular weight excluding hydrogens is 336 g/mol. The van der Waals surface area contributed by atoms with Crippen LogP contribution in [0, 0.1) is 34.0 Å². The molecule has 0 heterocycles. The predicted octanol–water partition coefficient (Wildman–Crippen LogP) is 4.64. The number of allylic oxidation sites excluding steroid dienone is 4. The Bertz CT molecular complexity index is 734. The van der Waals surface area contributed by atoms with Gasteiger partial charge in [-0.1, -0.05) is 45.8 Å². The van der Waals surface area contributed by atoms with Crippen LogP contribution in [-0.2, 0) is 9.59 Å². The average molecular weight is 371 g/mol. The largest absolute Gasteiger partial charge is 0.393 e. The van der Waals surface area contributed by atoms with Gasteiger partial charge in [0, 0.05) is 23.2 Å². The number of Topliss-reactive ketones (excluding diaryl/α,β-unsaturated/α-hetero) is 1. The highest BCUT2D eigenvalue weighted by Gasteiger charge is 2.64. The fourth-order valence-corrected chi connectivity index (χ4v) is 7.65. The third-order valence-electron chi connectivity index (χ3n) is 9.27. The van der Waals surface area contributed by atoms with Crippen molar-refractivity contribution in [1.82, 2.24) is 0 Å². The molecule has 4 rings (SSSR count). The number of carbonyl (C=O) groups is 2. The highest BCUT2D eigenvalue weighted by molar-refractivity contribution is 6.01. The summed E-state index contributed by atoms with van der Waals surface area (Å²) in [4.78, 5) is 24.9. The summed E-state index contributed by atoms with van der Waals surface area (Å²) in [6, 6.07) is 0. The van der Waals surface area contributed by atoms with Crippen LogP contribution in [0.5, 0.6) is 0 Å². The summed E-state index contributed by atoms with van der Waals surface area (Å²) >= 11 is 0. The molecule has 1 N–H and O–H groups in total. The van der Waals surface area contributed by atoms with Crippen molar-refractivity contribution in [2.24, 2.45) is 34.0 Å². The lowest BCUT2D eigenvalue weighted by atomic mass is 9.39. The van der Waals surface area contributed by atoms with Crippen molar-refractivity contribution in [2.45, 2.75) is 78.7 Å². The molecule has 0 aromatic rings. The van der Waals surface area contributed by atoms with Gasteiger partial charge in [0.1, 0.15) is 5.78 Å². The molecule has 0 saturated heterocycles. The molecule has 4 aliphatic rings. The Morgan fingerprint density at radius 1 is 1.26 bits per heavy atom. The second-order valence-electron chi connectivity index (χ2n) is 10.2. The molecule has 0 amide bonds. The summed E-state index contributed by atoms with van der Waals surface area (Å²) in [6.45, 7) is 8.65. The van der Waals surface area contributed by atoms with E-state index in [1.807, 2.05) is 13.0 Å². The van der Waals surface area contributed by atoms with Gasteiger partial charge in [-0.2, -0.15) is 0 Å². The summed E-state index contributed by atoms with van der Waals surface area (Å²) < 4.78 is 0. The standard InChI is InChI=1S/C24H34O3/c1-5-20(27)23(3)11-6-7-18-17-9-8-15-13-16(25)10-12-22(15,2)21(17)19(26)14-24(18,23)4/h10,12-13,17-19,21,26H,5-9,11,14H2,1-4H3/t17-,18?,19?,21?,22-,23+,24-/m0/s1. The van der Waals surface area contributed by atoms with Crippen molar-refractivity contribution in [3.8, 4) is 0 Å². The van der Waals surface area contributed by atoms with Crippen molar-refractivity contribution in [3.05, 3.63) is 23.8 Å². The van der Waals surface area contributed by atoms with Crippen LogP contribution in [0.1, 0.15) is 72.6 Å². The molecule has 7 atom stereocenters. The Hall–Kier alpha value is -1.22. The second kappa shape index (κ2) is 6.14. The smallest absolute Gasteiger partial charge is 0.178 e. The summed E-state index contributed by atoms with van der Waals surface area (Å²) in [5.74, 6) is 1.49. The molecule has 0 aliphatic heterocycles. The van der Waals surface area contributed by atoms with E-state index >= 15 is 0 Å². The first kappa shape index (κ1) is 19.1. The fraction of sp³-hybridized carbons (Fsp3) is 0.750. The van der Waals surface area contributed by atoms with E-state index in [4.69, 9.17) is 0 Å². The summed E-state index contributed by atoms with van der Waals surface area (Å²) in [7, 11) is 0. The van der Waals surface area contributed by atoms with Crippen LogP contribution in [-0.4, -0.2) is 22.8 Å². The molecule has 148 valence electrons. The van der Waals surface area contributed by atoms with Crippen LogP contribution in [0.15, 0.2) is 23.8 Å². The van der Waals surface area contributed by atoms with Crippen LogP contribution < -0.4 is 0 Å². The molecule has 0 aromatic carbocycles. The number of rotatable bonds is 2. The van der Waals surface area contributed by atoms with Gasteiger partial charge in [0.2, 0.25) is 0 Å². The Kier molecular flexibility index (Phi) is 4.34. The molecule has 0 radical (unpaired) electrons. The van der Waals surface area contributed by atoms with E-state index in [1.165, 1.54) is 5.57 Å². The van der Waals surface area contributed by atoms with Crippen molar-refractivity contribution < 1.29 is 14.7 Å². The number of aliphatic hydroxyl groups excluding tert-OH is 1. The van der Waals surface area contributed by atoms with Gasteiger partial charge in [-0.3, -0.25) is 9.59 Å². The quantitative estimate of drug-likeness (QED) is 0.770. The molecule has 0 aromatic heterocycles. The third kappa shape index (κ3) is 2.43. The van der Waals surface area contributed by atoms with Gasteiger partial charge in [-0.15, -0.1) is 0 Å².